The Morgan fingerprint density at radius 1 is 0.793 bits per heavy atom. The molecule has 0 aromatic heterocycles. The van der Waals surface area contributed by atoms with Crippen LogP contribution in [0.3, 0.4) is 0 Å². The maximum absolute atomic E-state index is 12.8. The second-order valence-electron chi connectivity index (χ2n) is 6.64. The topological polar surface area (TPSA) is 60.4 Å². The molecule has 0 heterocycles. The van der Waals surface area contributed by atoms with Gasteiger partial charge < -0.3 is 4.74 Å². The number of hydrogen-bond donors (Lipinski definition) is 0. The summed E-state index contributed by atoms with van der Waals surface area (Å²) < 4.78 is 5.01. The van der Waals surface area contributed by atoms with Gasteiger partial charge in [0.1, 0.15) is 0 Å². The number of hydrogen-bond acceptors (Lipinski definition) is 4. The average molecular weight is 382 g/mol. The molecule has 0 amide bonds. The number of Topliss-reactive ketones (excluding diaryl/α,β-unsaturated/α-hetero) is 1. The van der Waals surface area contributed by atoms with Crippen LogP contribution in [0.1, 0.15) is 38.8 Å². The predicted molar refractivity (Wildman–Crippen MR) is 111 cm³/mol. The van der Waals surface area contributed by atoms with E-state index in [0.717, 1.165) is 22.3 Å². The van der Waals surface area contributed by atoms with Gasteiger partial charge in [0.05, 0.1) is 12.2 Å². The van der Waals surface area contributed by atoms with Crippen LogP contribution < -0.4 is 0 Å². The van der Waals surface area contributed by atoms with Gasteiger partial charge in [0.2, 0.25) is 11.6 Å². The van der Waals surface area contributed by atoms with E-state index >= 15 is 0 Å². The predicted octanol–water partition coefficient (Wildman–Crippen LogP) is 4.73. The highest BCUT2D eigenvalue weighted by Gasteiger charge is 2.29. The maximum atomic E-state index is 12.8. The standard InChI is InChI=1S/C25H18O4/c1-2-29-25(28)18-13-11-17(12-14-18)19-9-6-10-20-21(16-7-4-3-5-8-16)15-22(26)24(27)23(19)20/h3-15H,2H2,1H3. The molecular formula is C25H18O4. The van der Waals surface area contributed by atoms with Crippen LogP contribution in [0.25, 0.3) is 16.7 Å². The fourth-order valence-electron chi connectivity index (χ4n) is 3.52. The molecule has 0 N–H and O–H groups in total. The molecule has 3 aromatic rings. The van der Waals surface area contributed by atoms with Crippen LogP contribution >= 0.6 is 0 Å². The number of carbonyl (C=O) groups excluding carboxylic acids is 3. The zero-order valence-corrected chi connectivity index (χ0v) is 15.8. The molecule has 0 atom stereocenters. The van der Waals surface area contributed by atoms with Gasteiger partial charge in [-0.1, -0.05) is 60.7 Å². The fraction of sp³-hybridized carbons (Fsp3) is 0.0800. The smallest absolute Gasteiger partial charge is 0.338 e. The van der Waals surface area contributed by atoms with Crippen molar-refractivity contribution in [1.29, 1.82) is 0 Å². The van der Waals surface area contributed by atoms with E-state index in [9.17, 15) is 14.4 Å². The number of fused-ring (bicyclic) bond motifs is 1. The molecule has 0 radical (unpaired) electrons. The van der Waals surface area contributed by atoms with E-state index in [1.54, 1.807) is 31.2 Å². The molecule has 4 rings (SSSR count). The number of carbonyl (C=O) groups is 3. The summed E-state index contributed by atoms with van der Waals surface area (Å²) in [5.41, 5.74) is 4.59. The van der Waals surface area contributed by atoms with Crippen LogP contribution in [-0.2, 0) is 9.53 Å². The van der Waals surface area contributed by atoms with Crippen LogP contribution in [0.15, 0.2) is 78.9 Å². The zero-order chi connectivity index (χ0) is 20.4. The van der Waals surface area contributed by atoms with Crippen molar-refractivity contribution in [1.82, 2.24) is 0 Å². The van der Waals surface area contributed by atoms with Crippen LogP contribution in [0, 0.1) is 0 Å². The van der Waals surface area contributed by atoms with Gasteiger partial charge >= 0.3 is 5.97 Å². The number of ether oxygens (including phenoxy) is 1. The van der Waals surface area contributed by atoms with Crippen molar-refractivity contribution in [3.8, 4) is 11.1 Å². The summed E-state index contributed by atoms with van der Waals surface area (Å²) in [6.45, 7) is 2.06. The van der Waals surface area contributed by atoms with Crippen molar-refractivity contribution in [2.75, 3.05) is 6.61 Å². The third-order valence-electron chi connectivity index (χ3n) is 4.87. The highest BCUT2D eigenvalue weighted by atomic mass is 16.5. The molecule has 1 aliphatic carbocycles. The lowest BCUT2D eigenvalue weighted by Crippen LogP contribution is -2.20. The van der Waals surface area contributed by atoms with Gasteiger partial charge in [0, 0.05) is 5.56 Å². The van der Waals surface area contributed by atoms with Gasteiger partial charge in [-0.2, -0.15) is 0 Å². The lowest BCUT2D eigenvalue weighted by Gasteiger charge is -2.20. The summed E-state index contributed by atoms with van der Waals surface area (Å²) >= 11 is 0. The molecule has 4 nitrogen and oxygen atoms in total. The van der Waals surface area contributed by atoms with Gasteiger partial charge in [-0.15, -0.1) is 0 Å². The maximum Gasteiger partial charge on any atom is 0.338 e. The Morgan fingerprint density at radius 2 is 1.48 bits per heavy atom. The van der Waals surface area contributed by atoms with Gasteiger partial charge in [-0.05, 0) is 53.0 Å². The second-order valence-corrected chi connectivity index (χ2v) is 6.64. The van der Waals surface area contributed by atoms with Crippen LogP contribution in [-0.4, -0.2) is 24.1 Å². The number of rotatable bonds is 4. The largest absolute Gasteiger partial charge is 0.462 e. The molecule has 0 spiro atoms. The zero-order valence-electron chi connectivity index (χ0n) is 15.8. The monoisotopic (exact) mass is 382 g/mol. The Kier molecular flexibility index (Phi) is 4.92. The number of allylic oxidation sites excluding steroid dienone is 1. The first-order valence-electron chi connectivity index (χ1n) is 9.37. The van der Waals surface area contributed by atoms with E-state index in [-0.39, 0.29) is 0 Å². The summed E-state index contributed by atoms with van der Waals surface area (Å²) in [5.74, 6) is -1.45. The molecule has 4 heteroatoms. The second kappa shape index (κ2) is 7.68. The molecule has 0 aliphatic heterocycles. The Hall–Kier alpha value is -3.79. The molecule has 0 saturated carbocycles. The van der Waals surface area contributed by atoms with Crippen molar-refractivity contribution in [2.45, 2.75) is 6.92 Å². The van der Waals surface area contributed by atoms with E-state index in [2.05, 4.69) is 0 Å². The Bertz CT molecular complexity index is 1140. The number of esters is 1. The first-order chi connectivity index (χ1) is 14.1. The summed E-state index contributed by atoms with van der Waals surface area (Å²) in [4.78, 5) is 37.1. The van der Waals surface area contributed by atoms with Gasteiger partial charge in [-0.25, -0.2) is 4.79 Å². The lowest BCUT2D eigenvalue weighted by atomic mass is 9.81. The Labute approximate surface area is 168 Å². The molecule has 1 aliphatic rings. The van der Waals surface area contributed by atoms with Crippen LogP contribution in [0.2, 0.25) is 0 Å². The fourth-order valence-corrected chi connectivity index (χ4v) is 3.52. The molecule has 0 bridgehead atoms. The molecule has 3 aromatic carbocycles. The molecule has 0 saturated heterocycles. The van der Waals surface area contributed by atoms with E-state index in [4.69, 9.17) is 4.74 Å². The first kappa shape index (κ1) is 18.6. The van der Waals surface area contributed by atoms with Gasteiger partial charge in [0.15, 0.2) is 0 Å². The summed E-state index contributed by atoms with van der Waals surface area (Å²) in [7, 11) is 0. The average Bonchev–Trinajstić information content (AvgIpc) is 2.76. The summed E-state index contributed by atoms with van der Waals surface area (Å²) in [6.07, 6.45) is 1.41. The lowest BCUT2D eigenvalue weighted by molar-refractivity contribution is -0.111. The summed E-state index contributed by atoms with van der Waals surface area (Å²) in [6, 6.07) is 21.9. The van der Waals surface area contributed by atoms with E-state index in [0.29, 0.717) is 23.3 Å². The summed E-state index contributed by atoms with van der Waals surface area (Å²) in [5, 5.41) is 0. The van der Waals surface area contributed by atoms with Gasteiger partial charge in [-0.3, -0.25) is 9.59 Å². The highest BCUT2D eigenvalue weighted by Crippen LogP contribution is 2.36. The quantitative estimate of drug-likeness (QED) is 0.484. The third-order valence-corrected chi connectivity index (χ3v) is 4.87. The first-order valence-corrected chi connectivity index (χ1v) is 9.37. The van der Waals surface area contributed by atoms with Crippen LogP contribution in [0.5, 0.6) is 0 Å². The van der Waals surface area contributed by atoms with Gasteiger partial charge in [0.25, 0.3) is 0 Å². The van der Waals surface area contributed by atoms with Crippen molar-refractivity contribution < 1.29 is 19.1 Å². The minimum absolute atomic E-state index is 0.304. The number of benzene rings is 3. The SMILES string of the molecule is CCOC(=O)c1ccc(-c2cccc3c2C(=O)C(=O)C=C3c2ccccc2)cc1. The Balaban J connectivity index is 1.83. The van der Waals surface area contributed by atoms with Crippen molar-refractivity contribution in [2.24, 2.45) is 0 Å². The normalized spacial score (nSPS) is 12.9. The molecular weight excluding hydrogens is 364 g/mol. The Morgan fingerprint density at radius 3 is 2.17 bits per heavy atom. The van der Waals surface area contributed by atoms with E-state index in [1.807, 2.05) is 48.5 Å². The van der Waals surface area contributed by atoms with Crippen LogP contribution in [0.4, 0.5) is 0 Å². The van der Waals surface area contributed by atoms with E-state index in [1.165, 1.54) is 6.08 Å². The van der Waals surface area contributed by atoms with Crippen molar-refractivity contribution >= 4 is 23.1 Å². The van der Waals surface area contributed by atoms with E-state index < -0.39 is 17.5 Å². The minimum atomic E-state index is -0.535. The molecule has 29 heavy (non-hydrogen) atoms. The van der Waals surface area contributed by atoms with Crippen molar-refractivity contribution in [3.05, 3.63) is 101 Å². The molecule has 0 fully saturated rings. The molecule has 0 unspecified atom stereocenters. The van der Waals surface area contributed by atoms with Crippen molar-refractivity contribution in [3.63, 3.8) is 0 Å². The minimum Gasteiger partial charge on any atom is -0.462 e. The third kappa shape index (κ3) is 3.41. The molecule has 142 valence electrons. The number of ketones is 2. The highest BCUT2D eigenvalue weighted by molar-refractivity contribution is 6.52.